The van der Waals surface area contributed by atoms with E-state index in [4.69, 9.17) is 9.84 Å². The van der Waals surface area contributed by atoms with Crippen molar-refractivity contribution in [3.05, 3.63) is 0 Å². The van der Waals surface area contributed by atoms with E-state index in [2.05, 4.69) is 0 Å². The second-order valence-electron chi connectivity index (χ2n) is 5.76. The standard InChI is InChI=1S/C13H22N2O5/c1-13(11(17)18)2-4-14(5-3-13)12(19)15-6-7-20-10(8-15)9-16/h10,16H,2-9H2,1H3,(H,17,18). The van der Waals surface area contributed by atoms with Crippen molar-refractivity contribution in [2.24, 2.45) is 5.41 Å². The fourth-order valence-electron chi connectivity index (χ4n) is 2.61. The van der Waals surface area contributed by atoms with Crippen LogP contribution in [0.15, 0.2) is 0 Å². The van der Waals surface area contributed by atoms with Crippen molar-refractivity contribution < 1.29 is 24.5 Å². The first-order valence-corrected chi connectivity index (χ1v) is 6.96. The van der Waals surface area contributed by atoms with E-state index in [9.17, 15) is 14.7 Å². The van der Waals surface area contributed by atoms with Crippen molar-refractivity contribution in [3.8, 4) is 0 Å². The number of carbonyl (C=O) groups excluding carboxylic acids is 1. The number of nitrogens with zero attached hydrogens (tertiary/aromatic N) is 2. The molecule has 1 unspecified atom stereocenters. The summed E-state index contributed by atoms with van der Waals surface area (Å²) < 4.78 is 5.32. The molecule has 0 radical (unpaired) electrons. The molecule has 2 amide bonds. The van der Waals surface area contributed by atoms with Crippen molar-refractivity contribution >= 4 is 12.0 Å². The lowest BCUT2D eigenvalue weighted by atomic mass is 9.80. The third-order valence-electron chi connectivity index (χ3n) is 4.27. The minimum absolute atomic E-state index is 0.0841. The largest absolute Gasteiger partial charge is 0.481 e. The van der Waals surface area contributed by atoms with Crippen LogP contribution in [0.5, 0.6) is 0 Å². The summed E-state index contributed by atoms with van der Waals surface area (Å²) in [5, 5.41) is 18.3. The Morgan fingerprint density at radius 3 is 2.45 bits per heavy atom. The molecule has 2 N–H and O–H groups in total. The van der Waals surface area contributed by atoms with Crippen molar-refractivity contribution in [3.63, 3.8) is 0 Å². The van der Waals surface area contributed by atoms with E-state index in [1.54, 1.807) is 16.7 Å². The Balaban J connectivity index is 1.90. The number of ether oxygens (including phenoxy) is 1. The summed E-state index contributed by atoms with van der Waals surface area (Å²) in [4.78, 5) is 26.9. The Morgan fingerprint density at radius 1 is 1.25 bits per heavy atom. The SMILES string of the molecule is CC1(C(=O)O)CCN(C(=O)N2CCOC(CO)C2)CC1. The van der Waals surface area contributed by atoms with Gasteiger partial charge in [-0.25, -0.2) is 4.79 Å². The highest BCUT2D eigenvalue weighted by Crippen LogP contribution is 2.31. The van der Waals surface area contributed by atoms with E-state index < -0.39 is 11.4 Å². The van der Waals surface area contributed by atoms with E-state index in [0.717, 1.165) is 0 Å². The topological polar surface area (TPSA) is 90.3 Å². The minimum atomic E-state index is -0.795. The number of carboxylic acids is 1. The van der Waals surface area contributed by atoms with Gasteiger partial charge in [0.25, 0.3) is 0 Å². The molecule has 7 heteroatoms. The van der Waals surface area contributed by atoms with Gasteiger partial charge >= 0.3 is 12.0 Å². The van der Waals surface area contributed by atoms with Crippen LogP contribution in [0, 0.1) is 5.41 Å². The molecule has 1 atom stereocenters. The predicted molar refractivity (Wildman–Crippen MR) is 70.3 cm³/mol. The molecular weight excluding hydrogens is 264 g/mol. The van der Waals surface area contributed by atoms with E-state index >= 15 is 0 Å². The minimum Gasteiger partial charge on any atom is -0.481 e. The second-order valence-corrected chi connectivity index (χ2v) is 5.76. The Kier molecular flexibility index (Phi) is 4.49. The van der Waals surface area contributed by atoms with Gasteiger partial charge in [-0.2, -0.15) is 0 Å². The quantitative estimate of drug-likeness (QED) is 0.745. The molecule has 2 aliphatic heterocycles. The van der Waals surface area contributed by atoms with Crippen LogP contribution < -0.4 is 0 Å². The number of likely N-dealkylation sites (tertiary alicyclic amines) is 1. The summed E-state index contributed by atoms with van der Waals surface area (Å²) in [7, 11) is 0. The Bertz CT molecular complexity index is 379. The number of aliphatic hydroxyl groups excluding tert-OH is 1. The van der Waals surface area contributed by atoms with Crippen LogP contribution in [0.2, 0.25) is 0 Å². The number of piperidine rings is 1. The summed E-state index contributed by atoms with van der Waals surface area (Å²) in [5.41, 5.74) is -0.727. The fourth-order valence-corrected chi connectivity index (χ4v) is 2.61. The van der Waals surface area contributed by atoms with Crippen molar-refractivity contribution in [2.75, 3.05) is 39.4 Å². The number of morpholine rings is 1. The van der Waals surface area contributed by atoms with Gasteiger partial charge in [-0.15, -0.1) is 0 Å². The van der Waals surface area contributed by atoms with Crippen LogP contribution in [0.3, 0.4) is 0 Å². The lowest BCUT2D eigenvalue weighted by Gasteiger charge is -2.40. The third-order valence-corrected chi connectivity index (χ3v) is 4.27. The summed E-state index contributed by atoms with van der Waals surface area (Å²) in [6.45, 7) is 3.89. The molecule has 0 aromatic rings. The molecule has 0 saturated carbocycles. The molecule has 0 aliphatic carbocycles. The lowest BCUT2D eigenvalue weighted by Crippen LogP contribution is -2.54. The van der Waals surface area contributed by atoms with Crippen molar-refractivity contribution in [1.82, 2.24) is 9.80 Å². The smallest absolute Gasteiger partial charge is 0.320 e. The summed E-state index contributed by atoms with van der Waals surface area (Å²) in [6, 6.07) is -0.0841. The average molecular weight is 286 g/mol. The first-order valence-electron chi connectivity index (χ1n) is 6.96. The molecule has 7 nitrogen and oxygen atoms in total. The summed E-state index contributed by atoms with van der Waals surface area (Å²) in [5.74, 6) is -0.795. The van der Waals surface area contributed by atoms with Gasteiger partial charge in [-0.1, -0.05) is 0 Å². The Hall–Kier alpha value is -1.34. The van der Waals surface area contributed by atoms with Crippen LogP contribution in [0.1, 0.15) is 19.8 Å². The number of hydrogen-bond acceptors (Lipinski definition) is 4. The number of carbonyl (C=O) groups is 2. The number of carboxylic acid groups (broad SMARTS) is 1. The fraction of sp³-hybridized carbons (Fsp3) is 0.846. The molecule has 0 bridgehead atoms. The zero-order valence-corrected chi connectivity index (χ0v) is 11.7. The van der Waals surface area contributed by atoms with Crippen LogP contribution in [0.4, 0.5) is 4.79 Å². The van der Waals surface area contributed by atoms with Crippen LogP contribution in [-0.2, 0) is 9.53 Å². The molecule has 20 heavy (non-hydrogen) atoms. The molecular formula is C13H22N2O5. The predicted octanol–water partition coefficient (Wildman–Crippen LogP) is -0.0138. The molecule has 0 aromatic heterocycles. The number of rotatable bonds is 2. The second kappa shape index (κ2) is 5.97. The van der Waals surface area contributed by atoms with E-state index in [0.29, 0.717) is 45.6 Å². The van der Waals surface area contributed by atoms with Crippen molar-refractivity contribution in [1.29, 1.82) is 0 Å². The Morgan fingerprint density at radius 2 is 1.90 bits per heavy atom. The Labute approximate surface area is 118 Å². The van der Waals surface area contributed by atoms with Gasteiger partial charge < -0.3 is 24.7 Å². The lowest BCUT2D eigenvalue weighted by molar-refractivity contribution is -0.150. The summed E-state index contributed by atoms with van der Waals surface area (Å²) >= 11 is 0. The highest BCUT2D eigenvalue weighted by molar-refractivity contribution is 5.77. The molecule has 2 fully saturated rings. The highest BCUT2D eigenvalue weighted by atomic mass is 16.5. The van der Waals surface area contributed by atoms with Crippen LogP contribution in [0.25, 0.3) is 0 Å². The highest BCUT2D eigenvalue weighted by Gasteiger charge is 2.39. The summed E-state index contributed by atoms with van der Waals surface area (Å²) in [6.07, 6.45) is 0.630. The van der Waals surface area contributed by atoms with Gasteiger partial charge in [0, 0.05) is 19.6 Å². The van der Waals surface area contributed by atoms with Gasteiger partial charge in [-0.05, 0) is 19.8 Å². The maximum Gasteiger partial charge on any atom is 0.320 e. The number of aliphatic carboxylic acids is 1. The third kappa shape index (κ3) is 3.04. The molecule has 0 aromatic carbocycles. The molecule has 2 saturated heterocycles. The average Bonchev–Trinajstić information content (AvgIpc) is 2.47. The molecule has 114 valence electrons. The van der Waals surface area contributed by atoms with E-state index in [-0.39, 0.29) is 18.7 Å². The zero-order chi connectivity index (χ0) is 14.8. The maximum atomic E-state index is 12.4. The van der Waals surface area contributed by atoms with Crippen LogP contribution >= 0.6 is 0 Å². The van der Waals surface area contributed by atoms with Crippen LogP contribution in [-0.4, -0.2) is 77.5 Å². The first kappa shape index (κ1) is 15.1. The molecule has 0 spiro atoms. The molecule has 2 aliphatic rings. The van der Waals surface area contributed by atoms with Gasteiger partial charge in [0.2, 0.25) is 0 Å². The number of aliphatic hydroxyl groups is 1. The molecule has 2 rings (SSSR count). The number of urea groups is 1. The van der Waals surface area contributed by atoms with Crippen molar-refractivity contribution in [2.45, 2.75) is 25.9 Å². The van der Waals surface area contributed by atoms with E-state index in [1.165, 1.54) is 0 Å². The van der Waals surface area contributed by atoms with Gasteiger partial charge in [0.05, 0.1) is 31.3 Å². The first-order chi connectivity index (χ1) is 9.46. The van der Waals surface area contributed by atoms with Gasteiger partial charge in [-0.3, -0.25) is 4.79 Å². The van der Waals surface area contributed by atoms with E-state index in [1.807, 2.05) is 0 Å². The van der Waals surface area contributed by atoms with Gasteiger partial charge in [0.1, 0.15) is 0 Å². The number of amides is 2. The number of hydrogen-bond donors (Lipinski definition) is 2. The molecule has 2 heterocycles. The monoisotopic (exact) mass is 286 g/mol. The normalized spacial score (nSPS) is 26.4. The maximum absolute atomic E-state index is 12.4. The zero-order valence-electron chi connectivity index (χ0n) is 11.7. The van der Waals surface area contributed by atoms with Gasteiger partial charge in [0.15, 0.2) is 0 Å².